The van der Waals surface area contributed by atoms with Gasteiger partial charge < -0.3 is 33.2 Å². The van der Waals surface area contributed by atoms with Crippen LogP contribution in [0.4, 0.5) is 0 Å². The number of benzene rings is 2. The predicted octanol–water partition coefficient (Wildman–Crippen LogP) is 3.80. The zero-order valence-electron chi connectivity index (χ0n) is 18.0. The molecule has 2 unspecified atom stereocenters. The summed E-state index contributed by atoms with van der Waals surface area (Å²) in [7, 11) is 8.13. The van der Waals surface area contributed by atoms with E-state index in [1.54, 1.807) is 35.5 Å². The molecule has 2 aromatic rings. The van der Waals surface area contributed by atoms with Gasteiger partial charge in [0.15, 0.2) is 11.5 Å². The second-order valence-electron chi connectivity index (χ2n) is 7.44. The van der Waals surface area contributed by atoms with Crippen LogP contribution in [0.5, 0.6) is 28.7 Å². The first-order chi connectivity index (χ1) is 14.6. The zero-order valence-corrected chi connectivity index (χ0v) is 18.0. The van der Waals surface area contributed by atoms with Crippen molar-refractivity contribution in [2.45, 2.75) is 12.2 Å². The minimum absolute atomic E-state index is 0.0777. The second kappa shape index (κ2) is 8.62. The molecule has 0 aromatic heterocycles. The zero-order chi connectivity index (χ0) is 21.3. The number of ether oxygens (including phenoxy) is 7. The average molecular weight is 416 g/mol. The van der Waals surface area contributed by atoms with Crippen LogP contribution < -0.4 is 23.7 Å². The maximum atomic E-state index is 6.25. The highest BCUT2D eigenvalue weighted by Crippen LogP contribution is 2.52. The summed E-state index contributed by atoms with van der Waals surface area (Å²) in [6.07, 6.45) is -0.188. The lowest BCUT2D eigenvalue weighted by atomic mass is 9.84. The summed E-state index contributed by atoms with van der Waals surface area (Å²) in [4.78, 5) is 0. The van der Waals surface area contributed by atoms with Crippen molar-refractivity contribution < 1.29 is 33.2 Å². The SMILES string of the molecule is COc1cc(OC)cc([C@@H]2OCC3C2CO[C@@H]3c2cc(OC)c(OC)c(OC)c2)c1. The van der Waals surface area contributed by atoms with Gasteiger partial charge in [0.1, 0.15) is 11.5 Å². The Bertz CT molecular complexity index is 850. The molecule has 2 heterocycles. The Balaban J connectivity index is 1.62. The largest absolute Gasteiger partial charge is 0.497 e. The highest BCUT2D eigenvalue weighted by Gasteiger charge is 2.48. The summed E-state index contributed by atoms with van der Waals surface area (Å²) in [6, 6.07) is 9.77. The van der Waals surface area contributed by atoms with E-state index in [0.717, 1.165) is 22.6 Å². The first-order valence-electron chi connectivity index (χ1n) is 9.89. The molecular weight excluding hydrogens is 388 g/mol. The van der Waals surface area contributed by atoms with E-state index < -0.39 is 0 Å². The van der Waals surface area contributed by atoms with Crippen LogP contribution in [0, 0.1) is 11.8 Å². The van der Waals surface area contributed by atoms with Gasteiger partial charge in [0, 0.05) is 17.9 Å². The van der Waals surface area contributed by atoms with E-state index in [1.165, 1.54) is 0 Å². The summed E-state index contributed by atoms with van der Waals surface area (Å²) in [5, 5.41) is 0. The molecule has 4 atom stereocenters. The van der Waals surface area contributed by atoms with Crippen molar-refractivity contribution in [3.05, 3.63) is 41.5 Å². The van der Waals surface area contributed by atoms with E-state index in [4.69, 9.17) is 33.2 Å². The Morgan fingerprint density at radius 3 is 1.47 bits per heavy atom. The van der Waals surface area contributed by atoms with Gasteiger partial charge in [-0.15, -0.1) is 0 Å². The fourth-order valence-corrected chi connectivity index (χ4v) is 4.49. The molecule has 0 spiro atoms. The molecule has 30 heavy (non-hydrogen) atoms. The van der Waals surface area contributed by atoms with E-state index in [-0.39, 0.29) is 24.0 Å². The Morgan fingerprint density at radius 1 is 0.600 bits per heavy atom. The third-order valence-corrected chi connectivity index (χ3v) is 5.98. The first-order valence-corrected chi connectivity index (χ1v) is 9.89. The van der Waals surface area contributed by atoms with Crippen LogP contribution in [0.1, 0.15) is 23.3 Å². The first kappa shape index (κ1) is 20.6. The summed E-state index contributed by atoms with van der Waals surface area (Å²) in [5.41, 5.74) is 2.03. The Hall–Kier alpha value is -2.64. The van der Waals surface area contributed by atoms with Crippen molar-refractivity contribution in [1.29, 1.82) is 0 Å². The van der Waals surface area contributed by atoms with Crippen molar-refractivity contribution in [2.75, 3.05) is 48.8 Å². The summed E-state index contributed by atoms with van der Waals surface area (Å²) in [6.45, 7) is 1.21. The normalized spacial score (nSPS) is 25.0. The molecule has 0 bridgehead atoms. The number of hydrogen-bond donors (Lipinski definition) is 0. The Kier molecular flexibility index (Phi) is 5.92. The molecule has 0 saturated carbocycles. The lowest BCUT2D eigenvalue weighted by molar-refractivity contribution is 0.0190. The molecule has 2 fully saturated rings. The molecule has 7 heteroatoms. The number of methoxy groups -OCH3 is 5. The maximum Gasteiger partial charge on any atom is 0.203 e. The van der Waals surface area contributed by atoms with Gasteiger partial charge in [-0.2, -0.15) is 0 Å². The van der Waals surface area contributed by atoms with Crippen molar-refractivity contribution in [3.63, 3.8) is 0 Å². The highest BCUT2D eigenvalue weighted by molar-refractivity contribution is 5.54. The molecule has 0 aliphatic carbocycles. The average Bonchev–Trinajstić information content (AvgIpc) is 3.39. The summed E-state index contributed by atoms with van der Waals surface area (Å²) < 4.78 is 39.8. The molecule has 7 nitrogen and oxygen atoms in total. The monoisotopic (exact) mass is 416 g/mol. The van der Waals surface area contributed by atoms with E-state index >= 15 is 0 Å². The van der Waals surface area contributed by atoms with Crippen molar-refractivity contribution >= 4 is 0 Å². The smallest absolute Gasteiger partial charge is 0.203 e. The molecule has 2 saturated heterocycles. The van der Waals surface area contributed by atoms with Gasteiger partial charge in [-0.3, -0.25) is 0 Å². The number of hydrogen-bond acceptors (Lipinski definition) is 7. The van der Waals surface area contributed by atoms with Crippen LogP contribution in [-0.4, -0.2) is 48.8 Å². The Labute approximate surface area is 176 Å². The van der Waals surface area contributed by atoms with Crippen LogP contribution in [0.25, 0.3) is 0 Å². The van der Waals surface area contributed by atoms with Crippen LogP contribution in [0.2, 0.25) is 0 Å². The van der Waals surface area contributed by atoms with Gasteiger partial charge in [0.2, 0.25) is 5.75 Å². The Morgan fingerprint density at radius 2 is 1.07 bits per heavy atom. The molecule has 4 rings (SSSR count). The maximum absolute atomic E-state index is 6.25. The fraction of sp³-hybridized carbons (Fsp3) is 0.478. The van der Waals surface area contributed by atoms with E-state index in [1.807, 2.05) is 30.3 Å². The van der Waals surface area contributed by atoms with Gasteiger partial charge in [0.05, 0.1) is 61.0 Å². The van der Waals surface area contributed by atoms with Crippen LogP contribution in [0.15, 0.2) is 30.3 Å². The van der Waals surface area contributed by atoms with Crippen molar-refractivity contribution in [1.82, 2.24) is 0 Å². The number of fused-ring (bicyclic) bond motifs is 1. The quantitative estimate of drug-likeness (QED) is 0.680. The van der Waals surface area contributed by atoms with Gasteiger partial charge in [-0.1, -0.05) is 0 Å². The molecule has 0 N–H and O–H groups in total. The van der Waals surface area contributed by atoms with Gasteiger partial charge >= 0.3 is 0 Å². The summed E-state index contributed by atoms with van der Waals surface area (Å²) in [5.74, 6) is 3.75. The van der Waals surface area contributed by atoms with Crippen molar-refractivity contribution in [3.8, 4) is 28.7 Å². The topological polar surface area (TPSA) is 64.6 Å². The molecular formula is C23H28O7. The highest BCUT2D eigenvalue weighted by atomic mass is 16.5. The lowest BCUT2D eigenvalue weighted by Crippen LogP contribution is -2.15. The van der Waals surface area contributed by atoms with E-state index in [9.17, 15) is 0 Å². The standard InChI is InChI=1S/C23H28O7/c1-24-15-6-13(7-16(10-15)25-2)21-17-11-30-22(18(17)12-29-21)14-8-19(26-3)23(28-5)20(9-14)27-4/h6-10,17-18,21-22H,11-12H2,1-5H3/t17?,18?,21-,22+/m0/s1. The van der Waals surface area contributed by atoms with Crippen LogP contribution >= 0.6 is 0 Å². The molecule has 2 aliphatic heterocycles. The lowest BCUT2D eigenvalue weighted by Gasteiger charge is -2.20. The molecule has 2 aromatic carbocycles. The van der Waals surface area contributed by atoms with Crippen LogP contribution in [0.3, 0.4) is 0 Å². The molecule has 2 aliphatic rings. The number of rotatable bonds is 7. The molecule has 162 valence electrons. The van der Waals surface area contributed by atoms with Gasteiger partial charge in [-0.05, 0) is 35.4 Å². The van der Waals surface area contributed by atoms with E-state index in [0.29, 0.717) is 30.5 Å². The predicted molar refractivity (Wildman–Crippen MR) is 110 cm³/mol. The molecule has 0 amide bonds. The minimum atomic E-state index is -0.110. The van der Waals surface area contributed by atoms with Crippen LogP contribution in [-0.2, 0) is 9.47 Å². The third-order valence-electron chi connectivity index (χ3n) is 5.98. The van der Waals surface area contributed by atoms with E-state index in [2.05, 4.69) is 0 Å². The fourth-order valence-electron chi connectivity index (χ4n) is 4.49. The minimum Gasteiger partial charge on any atom is -0.497 e. The van der Waals surface area contributed by atoms with Gasteiger partial charge in [0.25, 0.3) is 0 Å². The molecule has 0 radical (unpaired) electrons. The summed E-state index contributed by atoms with van der Waals surface area (Å²) >= 11 is 0. The van der Waals surface area contributed by atoms with Crippen molar-refractivity contribution in [2.24, 2.45) is 11.8 Å². The third kappa shape index (κ3) is 3.52. The second-order valence-corrected chi connectivity index (χ2v) is 7.44. The van der Waals surface area contributed by atoms with Gasteiger partial charge in [-0.25, -0.2) is 0 Å².